The lowest BCUT2D eigenvalue weighted by Crippen LogP contribution is -2.44. The highest BCUT2D eigenvalue weighted by Gasteiger charge is 2.55. The Labute approximate surface area is 113 Å². The number of amidine groups is 1. The van der Waals surface area contributed by atoms with E-state index in [9.17, 15) is 15.3 Å². The summed E-state index contributed by atoms with van der Waals surface area (Å²) >= 11 is 0. The first-order valence-corrected chi connectivity index (χ1v) is 5.66. The Kier molecular flexibility index (Phi) is 3.66. The van der Waals surface area contributed by atoms with Crippen LogP contribution in [0.4, 0.5) is 0 Å². The van der Waals surface area contributed by atoms with Gasteiger partial charge in [0, 0.05) is 11.1 Å². The Balaban J connectivity index is 2.30. The van der Waals surface area contributed by atoms with Crippen molar-refractivity contribution in [2.75, 3.05) is 6.61 Å². The van der Waals surface area contributed by atoms with Crippen molar-refractivity contribution in [1.82, 2.24) is 4.90 Å². The topological polar surface area (TPSA) is 160 Å². The lowest BCUT2D eigenvalue weighted by Gasteiger charge is -2.31. The summed E-state index contributed by atoms with van der Waals surface area (Å²) in [6.45, 7) is 2.85. The summed E-state index contributed by atoms with van der Waals surface area (Å²) in [5.41, 5.74) is 12.0. The van der Waals surface area contributed by atoms with E-state index in [1.807, 2.05) is 0 Å². The minimum atomic E-state index is -1.96. The Bertz CT molecular complexity index is 528. The fourth-order valence-corrected chi connectivity index (χ4v) is 2.03. The molecule has 20 heavy (non-hydrogen) atoms. The zero-order valence-corrected chi connectivity index (χ0v) is 10.4. The molecule has 1 fully saturated rings. The fourth-order valence-electron chi connectivity index (χ4n) is 2.03. The first-order chi connectivity index (χ1) is 9.45. The standard InChI is InChI=1S/C10H14N6O4/c1-5-13-6(11)2-3-16(5)9-7(18)8(19)10(4-17,20-9)14-15-12/h2-3,7-9,17-19H,1,4H2,(H2,11,13)/t7?,8-,9-,10-/m1/s1. The Morgan fingerprint density at radius 3 is 2.90 bits per heavy atom. The zero-order chi connectivity index (χ0) is 14.9. The van der Waals surface area contributed by atoms with Crippen LogP contribution in [-0.2, 0) is 4.74 Å². The minimum absolute atomic E-state index is 0.177. The molecule has 0 aromatic rings. The number of nitrogens with two attached hydrogens (primary N) is 1. The predicted molar refractivity (Wildman–Crippen MR) is 67.6 cm³/mol. The number of hydrogen-bond acceptors (Lipinski definition) is 8. The molecule has 0 aliphatic carbocycles. The fraction of sp³-hybridized carbons (Fsp3) is 0.500. The Morgan fingerprint density at radius 2 is 2.35 bits per heavy atom. The minimum Gasteiger partial charge on any atom is -0.393 e. The Morgan fingerprint density at radius 1 is 1.65 bits per heavy atom. The molecule has 0 spiro atoms. The van der Waals surface area contributed by atoms with Crippen molar-refractivity contribution in [1.29, 1.82) is 0 Å². The van der Waals surface area contributed by atoms with Crippen molar-refractivity contribution < 1.29 is 20.1 Å². The molecule has 0 radical (unpaired) electrons. The number of nitrogens with zero attached hydrogens (tertiary/aromatic N) is 5. The van der Waals surface area contributed by atoms with E-state index in [0.717, 1.165) is 0 Å². The van der Waals surface area contributed by atoms with Gasteiger partial charge in [0.05, 0.1) is 6.61 Å². The van der Waals surface area contributed by atoms with Crippen LogP contribution < -0.4 is 5.73 Å². The highest BCUT2D eigenvalue weighted by molar-refractivity contribution is 5.92. The molecule has 4 atom stereocenters. The normalized spacial score (nSPS) is 36.8. The molecule has 10 nitrogen and oxygen atoms in total. The summed E-state index contributed by atoms with van der Waals surface area (Å²) < 4.78 is 5.34. The van der Waals surface area contributed by atoms with Gasteiger partial charge in [-0.05, 0) is 11.6 Å². The maximum absolute atomic E-state index is 10.0. The van der Waals surface area contributed by atoms with Crippen molar-refractivity contribution in [3.8, 4) is 0 Å². The van der Waals surface area contributed by atoms with E-state index in [1.165, 1.54) is 17.2 Å². The number of aliphatic hydroxyl groups excluding tert-OH is 3. The molecule has 2 rings (SSSR count). The molecule has 0 aromatic carbocycles. The van der Waals surface area contributed by atoms with Crippen LogP contribution in [0.25, 0.3) is 10.4 Å². The van der Waals surface area contributed by atoms with Crippen molar-refractivity contribution in [3.63, 3.8) is 0 Å². The number of ether oxygens (including phenoxy) is 1. The number of rotatable bonds is 3. The highest BCUT2D eigenvalue weighted by atomic mass is 16.6. The number of hydrogen-bond donors (Lipinski definition) is 4. The van der Waals surface area contributed by atoms with E-state index >= 15 is 0 Å². The molecule has 5 N–H and O–H groups in total. The summed E-state index contributed by atoms with van der Waals surface area (Å²) in [5, 5.41) is 32.5. The van der Waals surface area contributed by atoms with Crippen LogP contribution in [0.5, 0.6) is 0 Å². The van der Waals surface area contributed by atoms with Crippen LogP contribution in [0.1, 0.15) is 0 Å². The molecule has 2 heterocycles. The van der Waals surface area contributed by atoms with Crippen molar-refractivity contribution in [2.45, 2.75) is 24.2 Å². The first-order valence-electron chi connectivity index (χ1n) is 5.66. The van der Waals surface area contributed by atoms with Gasteiger partial charge in [0.25, 0.3) is 0 Å². The smallest absolute Gasteiger partial charge is 0.200 e. The van der Waals surface area contributed by atoms with E-state index < -0.39 is 30.8 Å². The molecule has 2 aliphatic rings. The molecule has 0 aromatic heterocycles. The van der Waals surface area contributed by atoms with E-state index in [2.05, 4.69) is 21.6 Å². The monoisotopic (exact) mass is 282 g/mol. The second kappa shape index (κ2) is 5.12. The number of aliphatic imine (C=N–C) groups is 1. The second-order valence-corrected chi connectivity index (χ2v) is 4.31. The number of azide groups is 1. The third-order valence-corrected chi connectivity index (χ3v) is 3.08. The van der Waals surface area contributed by atoms with E-state index in [-0.39, 0.29) is 11.7 Å². The SMILES string of the molecule is C=C1N=C(N)C=CN1[C@@H]1O[C@@](CO)(N=[N+]=[N-])[C@H](O)C1O. The van der Waals surface area contributed by atoms with Crippen LogP contribution in [0.3, 0.4) is 0 Å². The van der Waals surface area contributed by atoms with Crippen LogP contribution in [0.15, 0.2) is 34.8 Å². The predicted octanol–water partition coefficient (Wildman–Crippen LogP) is -1.28. The maximum atomic E-state index is 10.0. The average Bonchev–Trinajstić information content (AvgIpc) is 2.65. The van der Waals surface area contributed by atoms with Crippen molar-refractivity contribution in [2.24, 2.45) is 15.8 Å². The molecule has 0 bridgehead atoms. The zero-order valence-electron chi connectivity index (χ0n) is 10.4. The number of aliphatic hydroxyl groups is 3. The van der Waals surface area contributed by atoms with Gasteiger partial charge in [-0.2, -0.15) is 0 Å². The van der Waals surface area contributed by atoms with E-state index in [1.54, 1.807) is 0 Å². The molecule has 2 aliphatic heterocycles. The third kappa shape index (κ3) is 2.11. The summed E-state index contributed by atoms with van der Waals surface area (Å²) in [6, 6.07) is 0. The molecular formula is C10H14N6O4. The van der Waals surface area contributed by atoms with Gasteiger partial charge in [-0.1, -0.05) is 11.7 Å². The van der Waals surface area contributed by atoms with E-state index in [0.29, 0.717) is 0 Å². The van der Waals surface area contributed by atoms with Crippen molar-refractivity contribution >= 4 is 5.84 Å². The first kappa shape index (κ1) is 14.3. The quantitative estimate of drug-likeness (QED) is 0.286. The van der Waals surface area contributed by atoms with Crippen LogP contribution in [-0.4, -0.2) is 56.8 Å². The Hall–Kier alpha value is -2.10. The van der Waals surface area contributed by atoms with Crippen LogP contribution >= 0.6 is 0 Å². The highest BCUT2D eigenvalue weighted by Crippen LogP contribution is 2.36. The molecular weight excluding hydrogens is 268 g/mol. The van der Waals surface area contributed by atoms with Gasteiger partial charge >= 0.3 is 0 Å². The third-order valence-electron chi connectivity index (χ3n) is 3.08. The lowest BCUT2D eigenvalue weighted by atomic mass is 10.1. The van der Waals surface area contributed by atoms with Gasteiger partial charge in [0.1, 0.15) is 23.9 Å². The average molecular weight is 282 g/mol. The summed E-state index contributed by atoms with van der Waals surface area (Å²) in [4.78, 5) is 7.72. The largest absolute Gasteiger partial charge is 0.393 e. The lowest BCUT2D eigenvalue weighted by molar-refractivity contribution is -0.130. The summed E-state index contributed by atoms with van der Waals surface area (Å²) in [6.07, 6.45) is -1.26. The maximum Gasteiger partial charge on any atom is 0.200 e. The van der Waals surface area contributed by atoms with Gasteiger partial charge in [0.15, 0.2) is 6.23 Å². The molecule has 0 amide bonds. The van der Waals surface area contributed by atoms with Crippen LogP contribution in [0, 0.1) is 0 Å². The molecule has 108 valence electrons. The summed E-state index contributed by atoms with van der Waals surface area (Å²) in [7, 11) is 0. The molecule has 1 unspecified atom stereocenters. The molecule has 10 heteroatoms. The van der Waals surface area contributed by atoms with Crippen LogP contribution in [0.2, 0.25) is 0 Å². The van der Waals surface area contributed by atoms with Gasteiger partial charge in [-0.3, -0.25) is 0 Å². The van der Waals surface area contributed by atoms with Gasteiger partial charge in [0.2, 0.25) is 5.72 Å². The molecule has 1 saturated heterocycles. The van der Waals surface area contributed by atoms with Crippen molar-refractivity contribution in [3.05, 3.63) is 35.1 Å². The second-order valence-electron chi connectivity index (χ2n) is 4.31. The van der Waals surface area contributed by atoms with Gasteiger partial charge in [-0.15, -0.1) is 0 Å². The van der Waals surface area contributed by atoms with E-state index in [4.69, 9.17) is 16.0 Å². The van der Waals surface area contributed by atoms with Gasteiger partial charge in [-0.25, -0.2) is 4.99 Å². The summed E-state index contributed by atoms with van der Waals surface area (Å²) in [5.74, 6) is 0.402. The molecule has 0 saturated carbocycles. The van der Waals surface area contributed by atoms with Gasteiger partial charge < -0.3 is 30.7 Å².